The number of halogens is 3. The van der Waals surface area contributed by atoms with E-state index in [1.165, 1.54) is 10.4 Å². The number of sulfonamides is 1. The summed E-state index contributed by atoms with van der Waals surface area (Å²) in [6, 6.07) is -0.280. The van der Waals surface area contributed by atoms with E-state index >= 15 is 0 Å². The number of hydrogen-bond acceptors (Lipinski definition) is 9. The van der Waals surface area contributed by atoms with Crippen LogP contribution in [-0.2, 0) is 20.4 Å². The van der Waals surface area contributed by atoms with E-state index in [1.54, 1.807) is 12.2 Å². The molecule has 4 rings (SSSR count). The van der Waals surface area contributed by atoms with Gasteiger partial charge >= 0.3 is 6.18 Å². The number of morpholine rings is 1. The summed E-state index contributed by atoms with van der Waals surface area (Å²) < 4.78 is 73.6. The molecular weight excluding hydrogens is 531 g/mol. The highest BCUT2D eigenvalue weighted by Gasteiger charge is 2.51. The molecule has 0 amide bonds. The van der Waals surface area contributed by atoms with Crippen molar-refractivity contribution in [2.45, 2.75) is 44.1 Å². The molecule has 1 unspecified atom stereocenters. The molecule has 1 N–H and O–H groups in total. The highest BCUT2D eigenvalue weighted by Crippen LogP contribution is 2.38. The van der Waals surface area contributed by atoms with Gasteiger partial charge in [-0.05, 0) is 19.9 Å². The number of anilines is 1. The molecule has 1 aromatic heterocycles. The van der Waals surface area contributed by atoms with Gasteiger partial charge in [0.2, 0.25) is 16.0 Å². The van der Waals surface area contributed by atoms with Gasteiger partial charge in [-0.3, -0.25) is 4.90 Å². The quantitative estimate of drug-likeness (QED) is 0.523. The fourth-order valence-corrected chi connectivity index (χ4v) is 6.62. The number of aromatic nitrogens is 2. The lowest BCUT2D eigenvalue weighted by atomic mass is 9.99. The zero-order valence-corrected chi connectivity index (χ0v) is 22.2. The molecule has 3 heterocycles. The number of hydrogen-bond donors (Lipinski definition) is 1. The summed E-state index contributed by atoms with van der Waals surface area (Å²) in [4.78, 5) is 12.8. The minimum absolute atomic E-state index is 0.103. The Morgan fingerprint density at radius 3 is 2.54 bits per heavy atom. The van der Waals surface area contributed by atoms with Crippen molar-refractivity contribution >= 4 is 33.1 Å². The standard InChI is InChI=1S/C23H30F3N5O4S2/c1-16-15-35-10-9-29(16)13-18-14-30(37(33,34)20-6-4-3-5-19(20)36)7-8-31(18)21-27-11-17(12-28-21)22(2,32)23(24,25)26/h3-4,6,11-12,16,18,32H,5,7-10,13-15H2,1-2H3/t16-,18-,22?/m0/s1. The van der Waals surface area contributed by atoms with E-state index in [0.29, 0.717) is 44.5 Å². The Morgan fingerprint density at radius 2 is 1.92 bits per heavy atom. The van der Waals surface area contributed by atoms with Crippen molar-refractivity contribution in [3.05, 3.63) is 41.1 Å². The van der Waals surface area contributed by atoms with Crippen LogP contribution in [0, 0.1) is 0 Å². The minimum atomic E-state index is -4.89. The lowest BCUT2D eigenvalue weighted by Crippen LogP contribution is -2.60. The molecule has 1 aliphatic carbocycles. The number of ether oxygens (including phenoxy) is 1. The van der Waals surface area contributed by atoms with Gasteiger partial charge in [-0.1, -0.05) is 24.4 Å². The summed E-state index contributed by atoms with van der Waals surface area (Å²) in [7, 11) is -3.84. The second-order valence-corrected chi connectivity index (χ2v) is 12.0. The molecule has 14 heteroatoms. The molecular formula is C23H30F3N5O4S2. The topological polar surface area (TPSA) is 99.1 Å². The van der Waals surface area contributed by atoms with E-state index in [-0.39, 0.29) is 42.6 Å². The summed E-state index contributed by atoms with van der Waals surface area (Å²) in [5.41, 5.74) is -3.57. The summed E-state index contributed by atoms with van der Waals surface area (Å²) >= 11 is 5.31. The average Bonchev–Trinajstić information content (AvgIpc) is 2.85. The van der Waals surface area contributed by atoms with Crippen molar-refractivity contribution < 1.29 is 31.4 Å². The highest BCUT2D eigenvalue weighted by molar-refractivity contribution is 7.96. The zero-order chi connectivity index (χ0) is 27.0. The largest absolute Gasteiger partial charge is 0.421 e. The monoisotopic (exact) mass is 561 g/mol. The first-order chi connectivity index (χ1) is 17.3. The van der Waals surface area contributed by atoms with Crippen LogP contribution in [0.5, 0.6) is 0 Å². The molecule has 3 aliphatic rings. The van der Waals surface area contributed by atoms with Crippen LogP contribution in [-0.4, -0.2) is 102 Å². The van der Waals surface area contributed by atoms with E-state index in [4.69, 9.17) is 17.0 Å². The SMILES string of the molecule is C[C@H]1COCCN1C[C@H]1CN(S(=O)(=O)C2=CC=CCC2=S)CCN1c1ncc(C(C)(O)C(F)(F)F)cn1. The fraction of sp³-hybridized carbons (Fsp3) is 0.609. The van der Waals surface area contributed by atoms with Gasteiger partial charge in [0.1, 0.15) is 0 Å². The maximum atomic E-state index is 13.5. The molecule has 9 nitrogen and oxygen atoms in total. The Morgan fingerprint density at radius 1 is 1.22 bits per heavy atom. The van der Waals surface area contributed by atoms with Crippen LogP contribution in [0.25, 0.3) is 0 Å². The summed E-state index contributed by atoms with van der Waals surface area (Å²) in [6.45, 7) is 5.38. The van der Waals surface area contributed by atoms with Gasteiger partial charge in [-0.25, -0.2) is 18.4 Å². The smallest absolute Gasteiger partial charge is 0.379 e. The van der Waals surface area contributed by atoms with Gasteiger partial charge in [0.25, 0.3) is 0 Å². The van der Waals surface area contributed by atoms with E-state index in [0.717, 1.165) is 12.4 Å². The van der Waals surface area contributed by atoms with Crippen molar-refractivity contribution in [2.75, 3.05) is 50.8 Å². The Bertz CT molecular complexity index is 1170. The molecule has 3 atom stereocenters. The van der Waals surface area contributed by atoms with E-state index in [9.17, 15) is 26.7 Å². The third kappa shape index (κ3) is 5.73. The molecule has 0 radical (unpaired) electrons. The molecule has 0 aromatic carbocycles. The van der Waals surface area contributed by atoms with Gasteiger partial charge in [0, 0.05) is 68.0 Å². The number of nitrogens with zero attached hydrogens (tertiary/aromatic N) is 5. The van der Waals surface area contributed by atoms with E-state index < -0.39 is 27.4 Å². The third-order valence-corrected chi connectivity index (χ3v) is 9.45. The Kier molecular flexibility index (Phi) is 8.08. The molecule has 0 saturated carbocycles. The number of allylic oxidation sites excluding steroid dienone is 4. The van der Waals surface area contributed by atoms with Crippen LogP contribution >= 0.6 is 12.2 Å². The lowest BCUT2D eigenvalue weighted by molar-refractivity contribution is -0.259. The number of piperazine rings is 1. The van der Waals surface area contributed by atoms with Crippen molar-refractivity contribution in [3.8, 4) is 0 Å². The van der Waals surface area contributed by atoms with Crippen molar-refractivity contribution in [3.63, 3.8) is 0 Å². The number of alkyl halides is 3. The van der Waals surface area contributed by atoms with Crippen LogP contribution in [0.3, 0.4) is 0 Å². The Labute approximate surface area is 219 Å². The van der Waals surface area contributed by atoms with Gasteiger partial charge in [0.05, 0.1) is 24.2 Å². The lowest BCUT2D eigenvalue weighted by Gasteiger charge is -2.44. The van der Waals surface area contributed by atoms with Gasteiger partial charge < -0.3 is 14.7 Å². The number of rotatable bonds is 6. The summed E-state index contributed by atoms with van der Waals surface area (Å²) in [5, 5.41) is 9.96. The van der Waals surface area contributed by atoms with Crippen LogP contribution < -0.4 is 4.90 Å². The highest BCUT2D eigenvalue weighted by atomic mass is 32.2. The van der Waals surface area contributed by atoms with E-state index in [2.05, 4.69) is 14.9 Å². The normalized spacial score (nSPS) is 26.2. The number of thiocarbonyl (C=S) groups is 1. The van der Waals surface area contributed by atoms with Crippen molar-refractivity contribution in [2.24, 2.45) is 0 Å². The third-order valence-electron chi connectivity index (χ3n) is 6.98. The summed E-state index contributed by atoms with van der Waals surface area (Å²) in [5.74, 6) is 0.167. The molecule has 2 saturated heterocycles. The first-order valence-electron chi connectivity index (χ1n) is 11.9. The first-order valence-corrected chi connectivity index (χ1v) is 13.8. The Balaban J connectivity index is 1.61. The summed E-state index contributed by atoms with van der Waals surface area (Å²) in [6.07, 6.45) is 2.42. The zero-order valence-electron chi connectivity index (χ0n) is 20.6. The maximum absolute atomic E-state index is 13.5. The predicted molar refractivity (Wildman–Crippen MR) is 136 cm³/mol. The molecule has 2 aliphatic heterocycles. The number of aliphatic hydroxyl groups is 1. The minimum Gasteiger partial charge on any atom is -0.379 e. The van der Waals surface area contributed by atoms with Crippen LogP contribution in [0.15, 0.2) is 35.5 Å². The van der Waals surface area contributed by atoms with Crippen molar-refractivity contribution in [1.29, 1.82) is 0 Å². The molecule has 204 valence electrons. The van der Waals surface area contributed by atoms with Crippen LogP contribution in [0.2, 0.25) is 0 Å². The molecule has 2 fully saturated rings. The molecule has 37 heavy (non-hydrogen) atoms. The molecule has 0 spiro atoms. The molecule has 1 aromatic rings. The van der Waals surface area contributed by atoms with Crippen molar-refractivity contribution in [1.82, 2.24) is 19.2 Å². The average molecular weight is 562 g/mol. The molecule has 0 bridgehead atoms. The van der Waals surface area contributed by atoms with E-state index in [1.807, 2.05) is 11.8 Å². The van der Waals surface area contributed by atoms with Crippen LogP contribution in [0.4, 0.5) is 19.1 Å². The predicted octanol–water partition coefficient (Wildman–Crippen LogP) is 2.00. The fourth-order valence-electron chi connectivity index (χ4n) is 4.55. The van der Waals surface area contributed by atoms with Gasteiger partial charge in [-0.2, -0.15) is 17.5 Å². The van der Waals surface area contributed by atoms with Gasteiger partial charge in [0.15, 0.2) is 5.60 Å². The second kappa shape index (κ2) is 10.7. The second-order valence-electron chi connectivity index (χ2n) is 9.56. The van der Waals surface area contributed by atoms with Gasteiger partial charge in [-0.15, -0.1) is 0 Å². The van der Waals surface area contributed by atoms with Crippen LogP contribution in [0.1, 0.15) is 25.8 Å². The maximum Gasteiger partial charge on any atom is 0.421 e. The first kappa shape index (κ1) is 28.0. The Hall–Kier alpha value is -1.97.